The third kappa shape index (κ3) is 3.91. The van der Waals surface area contributed by atoms with Crippen molar-refractivity contribution < 1.29 is 0 Å². The maximum absolute atomic E-state index is 4.22. The first kappa shape index (κ1) is 13.1. The Morgan fingerprint density at radius 3 is 2.75 bits per heavy atom. The lowest BCUT2D eigenvalue weighted by Gasteiger charge is -2.23. The van der Waals surface area contributed by atoms with Crippen LogP contribution >= 0.6 is 0 Å². The van der Waals surface area contributed by atoms with Gasteiger partial charge in [0, 0.05) is 25.0 Å². The molecule has 3 nitrogen and oxygen atoms in total. The fourth-order valence-electron chi connectivity index (χ4n) is 1.80. The van der Waals surface area contributed by atoms with Crippen molar-refractivity contribution in [2.45, 2.75) is 26.3 Å². The summed E-state index contributed by atoms with van der Waals surface area (Å²) in [5.41, 5.74) is 2.62. The molecule has 0 aliphatic carbocycles. The number of hydrogen-bond donors (Lipinski definition) is 1. The first-order chi connectivity index (χ1) is 7.65. The van der Waals surface area contributed by atoms with E-state index in [0.29, 0.717) is 6.04 Å². The molecule has 0 amide bonds. The van der Waals surface area contributed by atoms with Crippen molar-refractivity contribution in [3.8, 4) is 0 Å². The van der Waals surface area contributed by atoms with Crippen LogP contribution in [0.25, 0.3) is 0 Å². The molecule has 0 aliphatic rings. The lowest BCUT2D eigenvalue weighted by molar-refractivity contribution is 0.341. The smallest absolute Gasteiger partial charge is 0.0467 e. The molecule has 1 heterocycles. The zero-order chi connectivity index (χ0) is 12.0. The molecule has 90 valence electrons. The number of nitrogens with one attached hydrogen (secondary N) is 1. The molecular weight excluding hydrogens is 198 g/mol. The van der Waals surface area contributed by atoms with Gasteiger partial charge in [-0.05, 0) is 51.2 Å². The Bertz CT molecular complexity index is 310. The van der Waals surface area contributed by atoms with Crippen molar-refractivity contribution in [3.63, 3.8) is 0 Å². The molecule has 16 heavy (non-hydrogen) atoms. The second-order valence-electron chi connectivity index (χ2n) is 4.50. The molecule has 1 atom stereocenters. The van der Waals surface area contributed by atoms with E-state index >= 15 is 0 Å². The standard InChI is InChI=1S/C13H23N3/c1-5-7-15-13(10-16(3)4)12-9-14-8-6-11(12)2/h6,8-9,13,15H,5,7,10H2,1-4H3. The first-order valence-corrected chi connectivity index (χ1v) is 5.93. The molecule has 0 radical (unpaired) electrons. The van der Waals surface area contributed by atoms with Crippen LogP contribution in [-0.4, -0.2) is 37.1 Å². The maximum atomic E-state index is 4.22. The van der Waals surface area contributed by atoms with E-state index in [0.717, 1.165) is 19.5 Å². The topological polar surface area (TPSA) is 28.2 Å². The minimum Gasteiger partial charge on any atom is -0.309 e. The number of nitrogens with zero attached hydrogens (tertiary/aromatic N) is 2. The van der Waals surface area contributed by atoms with Crippen molar-refractivity contribution >= 4 is 0 Å². The number of aryl methyl sites for hydroxylation is 1. The summed E-state index contributed by atoms with van der Waals surface area (Å²) in [6.45, 7) is 6.39. The number of likely N-dealkylation sites (N-methyl/N-ethyl adjacent to an activating group) is 1. The molecule has 1 rings (SSSR count). The largest absolute Gasteiger partial charge is 0.309 e. The lowest BCUT2D eigenvalue weighted by Crippen LogP contribution is -2.32. The van der Waals surface area contributed by atoms with Crippen molar-refractivity contribution in [1.82, 2.24) is 15.2 Å². The van der Waals surface area contributed by atoms with Crippen molar-refractivity contribution in [1.29, 1.82) is 0 Å². The van der Waals surface area contributed by atoms with Crippen molar-refractivity contribution in [2.24, 2.45) is 0 Å². The predicted molar refractivity (Wildman–Crippen MR) is 68.6 cm³/mol. The Balaban J connectivity index is 2.78. The monoisotopic (exact) mass is 221 g/mol. The molecule has 0 bridgehead atoms. The first-order valence-electron chi connectivity index (χ1n) is 5.93. The van der Waals surface area contributed by atoms with Crippen LogP contribution in [0, 0.1) is 6.92 Å². The summed E-state index contributed by atoms with van der Waals surface area (Å²) in [6.07, 6.45) is 4.99. The van der Waals surface area contributed by atoms with Gasteiger partial charge in [-0.15, -0.1) is 0 Å². The number of hydrogen-bond acceptors (Lipinski definition) is 3. The summed E-state index contributed by atoms with van der Waals surface area (Å²) >= 11 is 0. The van der Waals surface area contributed by atoms with Gasteiger partial charge < -0.3 is 10.2 Å². The molecule has 0 saturated carbocycles. The Kier molecular flexibility index (Phi) is 5.43. The van der Waals surface area contributed by atoms with E-state index in [1.807, 2.05) is 12.4 Å². The molecule has 0 spiro atoms. The van der Waals surface area contributed by atoms with E-state index in [9.17, 15) is 0 Å². The van der Waals surface area contributed by atoms with Gasteiger partial charge in [-0.2, -0.15) is 0 Å². The zero-order valence-corrected chi connectivity index (χ0v) is 10.8. The van der Waals surface area contributed by atoms with Gasteiger partial charge in [-0.3, -0.25) is 4.98 Å². The molecule has 0 aliphatic heterocycles. The summed E-state index contributed by atoms with van der Waals surface area (Å²) in [4.78, 5) is 6.43. The molecule has 3 heteroatoms. The second-order valence-corrected chi connectivity index (χ2v) is 4.50. The zero-order valence-electron chi connectivity index (χ0n) is 10.8. The van der Waals surface area contributed by atoms with Crippen LogP contribution in [0.3, 0.4) is 0 Å². The highest BCUT2D eigenvalue weighted by Crippen LogP contribution is 2.16. The molecule has 0 saturated heterocycles. The highest BCUT2D eigenvalue weighted by molar-refractivity contribution is 5.25. The molecule has 1 N–H and O–H groups in total. The average Bonchev–Trinajstić information content (AvgIpc) is 2.24. The molecule has 0 fully saturated rings. The normalized spacial score (nSPS) is 13.1. The van der Waals surface area contributed by atoms with E-state index in [1.54, 1.807) is 0 Å². The number of rotatable bonds is 6. The van der Waals surface area contributed by atoms with Crippen molar-refractivity contribution in [2.75, 3.05) is 27.2 Å². The van der Waals surface area contributed by atoms with Crippen LogP contribution in [0.5, 0.6) is 0 Å². The lowest BCUT2D eigenvalue weighted by atomic mass is 10.0. The van der Waals surface area contributed by atoms with Gasteiger partial charge in [0.2, 0.25) is 0 Å². The van der Waals surface area contributed by atoms with Crippen LogP contribution in [0.2, 0.25) is 0 Å². The summed E-state index contributed by atoms with van der Waals surface area (Å²) in [5.74, 6) is 0. The number of pyridine rings is 1. The summed E-state index contributed by atoms with van der Waals surface area (Å²) in [5, 5.41) is 3.58. The van der Waals surface area contributed by atoms with E-state index in [4.69, 9.17) is 0 Å². The molecule has 0 aromatic carbocycles. The van der Waals surface area contributed by atoms with Gasteiger partial charge in [0.25, 0.3) is 0 Å². The minimum absolute atomic E-state index is 0.378. The van der Waals surface area contributed by atoms with E-state index < -0.39 is 0 Å². The summed E-state index contributed by atoms with van der Waals surface area (Å²) in [6, 6.07) is 2.45. The van der Waals surface area contributed by atoms with Crippen LogP contribution in [-0.2, 0) is 0 Å². The van der Waals surface area contributed by atoms with Crippen LogP contribution in [0.1, 0.15) is 30.5 Å². The van der Waals surface area contributed by atoms with Gasteiger partial charge in [0.15, 0.2) is 0 Å². The van der Waals surface area contributed by atoms with Crippen LogP contribution in [0.4, 0.5) is 0 Å². The minimum atomic E-state index is 0.378. The number of aromatic nitrogens is 1. The second kappa shape index (κ2) is 6.61. The molecule has 1 aromatic rings. The maximum Gasteiger partial charge on any atom is 0.0467 e. The fourth-order valence-corrected chi connectivity index (χ4v) is 1.80. The quantitative estimate of drug-likeness (QED) is 0.796. The van der Waals surface area contributed by atoms with E-state index in [1.165, 1.54) is 11.1 Å². The Morgan fingerprint density at radius 2 is 2.19 bits per heavy atom. The molecule has 1 aromatic heterocycles. The van der Waals surface area contributed by atoms with Crippen LogP contribution < -0.4 is 5.32 Å². The van der Waals surface area contributed by atoms with Crippen LogP contribution in [0.15, 0.2) is 18.5 Å². The predicted octanol–water partition coefficient (Wildman–Crippen LogP) is 1.99. The van der Waals surface area contributed by atoms with Gasteiger partial charge in [-0.25, -0.2) is 0 Å². The van der Waals surface area contributed by atoms with Gasteiger partial charge in [-0.1, -0.05) is 6.92 Å². The highest BCUT2D eigenvalue weighted by Gasteiger charge is 2.13. The third-order valence-corrected chi connectivity index (χ3v) is 2.64. The average molecular weight is 221 g/mol. The van der Waals surface area contributed by atoms with E-state index in [2.05, 4.69) is 49.2 Å². The SMILES string of the molecule is CCCNC(CN(C)C)c1cnccc1C. The Morgan fingerprint density at radius 1 is 1.44 bits per heavy atom. The Hall–Kier alpha value is -0.930. The Labute approximate surface area is 98.9 Å². The van der Waals surface area contributed by atoms with Gasteiger partial charge in [0.05, 0.1) is 0 Å². The summed E-state index contributed by atoms with van der Waals surface area (Å²) in [7, 11) is 4.21. The van der Waals surface area contributed by atoms with Crippen molar-refractivity contribution in [3.05, 3.63) is 29.6 Å². The van der Waals surface area contributed by atoms with Gasteiger partial charge >= 0.3 is 0 Å². The third-order valence-electron chi connectivity index (χ3n) is 2.64. The van der Waals surface area contributed by atoms with Gasteiger partial charge in [0.1, 0.15) is 0 Å². The fraction of sp³-hybridized carbons (Fsp3) is 0.615. The highest BCUT2D eigenvalue weighted by atomic mass is 15.1. The molecule has 1 unspecified atom stereocenters. The molecular formula is C13H23N3. The van der Waals surface area contributed by atoms with E-state index in [-0.39, 0.29) is 0 Å². The summed E-state index contributed by atoms with van der Waals surface area (Å²) < 4.78 is 0.